The maximum Gasteiger partial charge on any atom is 0.0594 e. The Kier molecular flexibility index (Phi) is 4.88. The van der Waals surface area contributed by atoms with Gasteiger partial charge >= 0.3 is 0 Å². The second-order valence-corrected chi connectivity index (χ2v) is 6.32. The summed E-state index contributed by atoms with van der Waals surface area (Å²) in [7, 11) is 2.11. The van der Waals surface area contributed by atoms with E-state index in [1.54, 1.807) is 0 Å². The Labute approximate surface area is 127 Å². The number of nitrogens with one attached hydrogen (secondary N) is 1. The maximum atomic E-state index is 5.56. The first kappa shape index (κ1) is 14.9. The van der Waals surface area contributed by atoms with Crippen molar-refractivity contribution < 1.29 is 4.74 Å². The van der Waals surface area contributed by atoms with Crippen LogP contribution in [0.2, 0.25) is 0 Å². The molecule has 0 bridgehead atoms. The molecule has 1 atom stereocenters. The van der Waals surface area contributed by atoms with Crippen molar-refractivity contribution in [1.82, 2.24) is 15.2 Å². The average Bonchev–Trinajstić information content (AvgIpc) is 3.05. The average molecular weight is 289 g/mol. The summed E-state index contributed by atoms with van der Waals surface area (Å²) in [6.07, 6.45) is 10.2. The Balaban J connectivity index is 1.80. The van der Waals surface area contributed by atoms with Crippen LogP contribution in [0.4, 0.5) is 0 Å². The van der Waals surface area contributed by atoms with Gasteiger partial charge in [0, 0.05) is 37.1 Å². The molecule has 0 radical (unpaired) electrons. The largest absolute Gasteiger partial charge is 0.379 e. The predicted octanol–water partition coefficient (Wildman–Crippen LogP) is 1.86. The van der Waals surface area contributed by atoms with Crippen molar-refractivity contribution in [2.75, 3.05) is 33.4 Å². The monoisotopic (exact) mass is 289 g/mol. The van der Waals surface area contributed by atoms with Gasteiger partial charge in [0.2, 0.25) is 0 Å². The van der Waals surface area contributed by atoms with Crippen molar-refractivity contribution in [2.24, 2.45) is 0 Å². The lowest BCUT2D eigenvalue weighted by Crippen LogP contribution is -2.62. The summed E-state index contributed by atoms with van der Waals surface area (Å²) in [5, 5.41) is 3.62. The predicted molar refractivity (Wildman–Crippen MR) is 84.4 cm³/mol. The minimum atomic E-state index is 0.300. The Morgan fingerprint density at radius 2 is 2.10 bits per heavy atom. The highest BCUT2D eigenvalue weighted by atomic mass is 16.5. The van der Waals surface area contributed by atoms with Gasteiger partial charge in [-0.25, -0.2) is 0 Å². The number of likely N-dealkylation sites (N-methyl/N-ethyl adjacent to an activating group) is 1. The highest BCUT2D eigenvalue weighted by molar-refractivity contribution is 5.15. The van der Waals surface area contributed by atoms with E-state index in [9.17, 15) is 0 Å². The van der Waals surface area contributed by atoms with Crippen LogP contribution in [0.1, 0.15) is 31.2 Å². The summed E-state index contributed by atoms with van der Waals surface area (Å²) in [6, 6.07) is 4.72. The van der Waals surface area contributed by atoms with Crippen LogP contribution in [0.5, 0.6) is 0 Å². The molecule has 2 aliphatic rings. The minimum Gasteiger partial charge on any atom is -0.379 e. The van der Waals surface area contributed by atoms with Crippen LogP contribution in [-0.2, 0) is 11.2 Å². The van der Waals surface area contributed by atoms with Crippen LogP contribution in [0.15, 0.2) is 24.5 Å². The van der Waals surface area contributed by atoms with Crippen molar-refractivity contribution in [3.05, 3.63) is 30.1 Å². The zero-order valence-corrected chi connectivity index (χ0v) is 13.1. The molecule has 0 amide bonds. The summed E-state index contributed by atoms with van der Waals surface area (Å²) in [4.78, 5) is 6.97. The molecule has 1 saturated heterocycles. The zero-order valence-electron chi connectivity index (χ0n) is 13.1. The van der Waals surface area contributed by atoms with Crippen LogP contribution in [0.3, 0.4) is 0 Å². The molecule has 4 heteroatoms. The van der Waals surface area contributed by atoms with Gasteiger partial charge in [0.1, 0.15) is 0 Å². The van der Waals surface area contributed by atoms with E-state index in [1.165, 1.54) is 31.2 Å². The van der Waals surface area contributed by atoms with Gasteiger partial charge in [0.15, 0.2) is 0 Å². The van der Waals surface area contributed by atoms with Gasteiger partial charge in [0.25, 0.3) is 0 Å². The van der Waals surface area contributed by atoms with E-state index in [-0.39, 0.29) is 0 Å². The smallest absolute Gasteiger partial charge is 0.0594 e. The fraction of sp³-hybridized carbons (Fsp3) is 0.706. The highest BCUT2D eigenvalue weighted by Crippen LogP contribution is 2.39. The van der Waals surface area contributed by atoms with E-state index in [4.69, 9.17) is 4.74 Å². The SMILES string of the molecule is CNC(Cc1cccnc1)C1(N2CCOCC2)CCCC1. The lowest BCUT2D eigenvalue weighted by Gasteiger charge is -2.48. The van der Waals surface area contributed by atoms with Crippen LogP contribution >= 0.6 is 0 Å². The molecule has 1 aromatic rings. The van der Waals surface area contributed by atoms with Crippen molar-refractivity contribution >= 4 is 0 Å². The van der Waals surface area contributed by atoms with Crippen molar-refractivity contribution in [1.29, 1.82) is 0 Å². The standard InChI is InChI=1S/C17H27N3O/c1-18-16(13-15-5-4-8-19-14-15)17(6-2-3-7-17)20-9-11-21-12-10-20/h4-5,8,14,16,18H,2-3,6-7,9-13H2,1H3. The maximum absolute atomic E-state index is 5.56. The summed E-state index contributed by atoms with van der Waals surface area (Å²) >= 11 is 0. The Morgan fingerprint density at radius 1 is 1.33 bits per heavy atom. The molecule has 1 unspecified atom stereocenters. The first-order valence-electron chi connectivity index (χ1n) is 8.24. The third-order valence-corrected chi connectivity index (χ3v) is 5.27. The first-order chi connectivity index (χ1) is 10.3. The number of rotatable bonds is 5. The lowest BCUT2D eigenvalue weighted by molar-refractivity contribution is -0.0347. The van der Waals surface area contributed by atoms with E-state index in [1.807, 2.05) is 18.5 Å². The zero-order chi connectivity index (χ0) is 14.5. The second kappa shape index (κ2) is 6.86. The number of aromatic nitrogens is 1. The number of hydrogen-bond acceptors (Lipinski definition) is 4. The topological polar surface area (TPSA) is 37.4 Å². The first-order valence-corrected chi connectivity index (χ1v) is 8.24. The second-order valence-electron chi connectivity index (χ2n) is 6.32. The summed E-state index contributed by atoms with van der Waals surface area (Å²) in [5.74, 6) is 0. The van der Waals surface area contributed by atoms with Crippen LogP contribution in [-0.4, -0.2) is 54.8 Å². The van der Waals surface area contributed by atoms with E-state index >= 15 is 0 Å². The number of pyridine rings is 1. The van der Waals surface area contributed by atoms with Crippen LogP contribution in [0.25, 0.3) is 0 Å². The molecule has 0 aromatic carbocycles. The van der Waals surface area contributed by atoms with Crippen LogP contribution < -0.4 is 5.32 Å². The molecular weight excluding hydrogens is 262 g/mol. The number of nitrogens with zero attached hydrogens (tertiary/aromatic N) is 2. The van der Waals surface area contributed by atoms with E-state index < -0.39 is 0 Å². The van der Waals surface area contributed by atoms with Crippen molar-refractivity contribution in [2.45, 2.75) is 43.7 Å². The number of hydrogen-bond donors (Lipinski definition) is 1. The molecule has 4 nitrogen and oxygen atoms in total. The molecule has 1 aromatic heterocycles. The molecule has 1 saturated carbocycles. The van der Waals surface area contributed by atoms with E-state index in [0.29, 0.717) is 11.6 Å². The number of ether oxygens (including phenoxy) is 1. The molecule has 0 spiro atoms. The normalized spacial score (nSPS) is 24.0. The minimum absolute atomic E-state index is 0.300. The summed E-state index contributed by atoms with van der Waals surface area (Å²) in [6.45, 7) is 3.91. The van der Waals surface area contributed by atoms with E-state index in [0.717, 1.165) is 32.7 Å². The van der Waals surface area contributed by atoms with Gasteiger partial charge in [0.05, 0.1) is 13.2 Å². The quantitative estimate of drug-likeness (QED) is 0.898. The highest BCUT2D eigenvalue weighted by Gasteiger charge is 2.45. The number of morpholine rings is 1. The molecule has 2 heterocycles. The van der Waals surface area contributed by atoms with Gasteiger partial charge in [-0.3, -0.25) is 9.88 Å². The Morgan fingerprint density at radius 3 is 2.71 bits per heavy atom. The third-order valence-electron chi connectivity index (χ3n) is 5.27. The Hall–Kier alpha value is -0.970. The molecule has 1 N–H and O–H groups in total. The Bertz CT molecular complexity index is 425. The lowest BCUT2D eigenvalue weighted by atomic mass is 9.82. The molecule has 3 rings (SSSR count). The molecule has 21 heavy (non-hydrogen) atoms. The summed E-state index contributed by atoms with van der Waals surface area (Å²) < 4.78 is 5.56. The third kappa shape index (κ3) is 3.12. The van der Waals surface area contributed by atoms with Gasteiger partial charge in [-0.2, -0.15) is 0 Å². The molecule has 1 aliphatic carbocycles. The molecular formula is C17H27N3O. The van der Waals surface area contributed by atoms with Gasteiger partial charge in [-0.15, -0.1) is 0 Å². The van der Waals surface area contributed by atoms with Gasteiger partial charge < -0.3 is 10.1 Å². The van der Waals surface area contributed by atoms with Crippen molar-refractivity contribution in [3.8, 4) is 0 Å². The van der Waals surface area contributed by atoms with Crippen molar-refractivity contribution in [3.63, 3.8) is 0 Å². The van der Waals surface area contributed by atoms with E-state index in [2.05, 4.69) is 28.3 Å². The molecule has 116 valence electrons. The van der Waals surface area contributed by atoms with Gasteiger partial charge in [-0.05, 0) is 37.9 Å². The fourth-order valence-electron chi connectivity index (χ4n) is 4.20. The molecule has 2 fully saturated rings. The molecule has 1 aliphatic heterocycles. The fourth-order valence-corrected chi connectivity index (χ4v) is 4.20. The van der Waals surface area contributed by atoms with Gasteiger partial charge in [-0.1, -0.05) is 18.9 Å². The summed E-state index contributed by atoms with van der Waals surface area (Å²) in [5.41, 5.74) is 1.63. The van der Waals surface area contributed by atoms with Crippen LogP contribution in [0, 0.1) is 0 Å².